The van der Waals surface area contributed by atoms with Crippen LogP contribution in [0.15, 0.2) is 188 Å². The Bertz CT molecular complexity index is 2200. The molecule has 0 aliphatic carbocycles. The van der Waals surface area contributed by atoms with Crippen LogP contribution in [0.5, 0.6) is 0 Å². The van der Waals surface area contributed by atoms with Gasteiger partial charge in [0.25, 0.3) is 0 Å². The number of aromatic nitrogens is 2. The number of nitrogens with zero attached hydrogens (tertiary/aromatic N) is 2. The van der Waals surface area contributed by atoms with Crippen molar-refractivity contribution in [2.24, 2.45) is 0 Å². The van der Waals surface area contributed by atoms with E-state index in [-0.39, 0.29) is 5.41 Å². The smallest absolute Gasteiger partial charge is 0.160 e. The molecule has 0 aliphatic rings. The van der Waals surface area contributed by atoms with Crippen LogP contribution in [0.25, 0.3) is 78.4 Å². The van der Waals surface area contributed by atoms with Crippen LogP contribution in [0, 0.1) is 0 Å². The van der Waals surface area contributed by atoms with Crippen molar-refractivity contribution in [3.05, 3.63) is 194 Å². The average Bonchev–Trinajstić information content (AvgIpc) is 3.21. The Kier molecular flexibility index (Phi) is 8.89. The number of hydrogen-bond acceptors (Lipinski definition) is 2. The molecule has 0 atom stereocenters. The molecule has 0 N–H and O–H groups in total. The standard InChI is InChI=1S/C50H40N2/c1-50(2,3)46-26-16-25-39(33-46)47-34-48(44-29-40(35-17-8-4-9-18-35)27-41(30-44)36-19-10-5-11-20-36)52-49(51-47)45-31-42(37-21-12-6-13-22-37)28-43(32-45)38-23-14-7-15-24-38/h4-34H,1-3H3. The molecule has 0 aliphatic heterocycles. The van der Waals surface area contributed by atoms with Gasteiger partial charge in [-0.05, 0) is 104 Å². The molecular formula is C50H40N2. The van der Waals surface area contributed by atoms with Crippen molar-refractivity contribution in [1.29, 1.82) is 0 Å². The SMILES string of the molecule is CC(C)(C)c1cccc(-c2cc(-c3cc(-c4ccccc4)cc(-c4ccccc4)c3)nc(-c3cc(-c4ccccc4)cc(-c4ccccc4)c3)n2)c1. The molecular weight excluding hydrogens is 629 g/mol. The van der Waals surface area contributed by atoms with Gasteiger partial charge in [-0.1, -0.05) is 160 Å². The van der Waals surface area contributed by atoms with Gasteiger partial charge < -0.3 is 0 Å². The molecule has 0 amide bonds. The van der Waals surface area contributed by atoms with Crippen LogP contribution < -0.4 is 0 Å². The van der Waals surface area contributed by atoms with Crippen LogP contribution in [-0.4, -0.2) is 9.97 Å². The lowest BCUT2D eigenvalue weighted by Crippen LogP contribution is -2.10. The third-order valence-corrected chi connectivity index (χ3v) is 9.60. The summed E-state index contributed by atoms with van der Waals surface area (Å²) in [4.78, 5) is 10.7. The third kappa shape index (κ3) is 7.10. The maximum atomic E-state index is 5.40. The highest BCUT2D eigenvalue weighted by Crippen LogP contribution is 2.37. The van der Waals surface area contributed by atoms with Gasteiger partial charge in [-0.3, -0.25) is 0 Å². The van der Waals surface area contributed by atoms with Crippen LogP contribution in [-0.2, 0) is 5.41 Å². The summed E-state index contributed by atoms with van der Waals surface area (Å²) < 4.78 is 0. The van der Waals surface area contributed by atoms with Gasteiger partial charge in [0, 0.05) is 16.7 Å². The van der Waals surface area contributed by atoms with E-state index in [0.29, 0.717) is 5.82 Å². The van der Waals surface area contributed by atoms with E-state index in [1.807, 2.05) is 0 Å². The number of benzene rings is 7. The molecule has 0 fully saturated rings. The van der Waals surface area contributed by atoms with Crippen LogP contribution in [0.4, 0.5) is 0 Å². The predicted molar refractivity (Wildman–Crippen MR) is 219 cm³/mol. The Balaban J connectivity index is 1.38. The van der Waals surface area contributed by atoms with Crippen molar-refractivity contribution in [1.82, 2.24) is 9.97 Å². The second kappa shape index (κ2) is 14.1. The van der Waals surface area contributed by atoms with Gasteiger partial charge in [-0.25, -0.2) is 9.97 Å². The van der Waals surface area contributed by atoms with E-state index in [1.54, 1.807) is 0 Å². The van der Waals surface area contributed by atoms with Crippen molar-refractivity contribution in [3.63, 3.8) is 0 Å². The van der Waals surface area contributed by atoms with Crippen molar-refractivity contribution in [2.75, 3.05) is 0 Å². The minimum Gasteiger partial charge on any atom is -0.228 e. The Hall–Kier alpha value is -6.38. The molecule has 2 nitrogen and oxygen atoms in total. The first kappa shape index (κ1) is 32.8. The summed E-state index contributed by atoms with van der Waals surface area (Å²) in [6.07, 6.45) is 0. The van der Waals surface area contributed by atoms with Gasteiger partial charge in [0.2, 0.25) is 0 Å². The molecule has 250 valence electrons. The summed E-state index contributed by atoms with van der Waals surface area (Å²) >= 11 is 0. The highest BCUT2D eigenvalue weighted by molar-refractivity contribution is 5.84. The quantitative estimate of drug-likeness (QED) is 0.169. The van der Waals surface area contributed by atoms with Crippen molar-refractivity contribution >= 4 is 0 Å². The highest BCUT2D eigenvalue weighted by Gasteiger charge is 2.18. The maximum Gasteiger partial charge on any atom is 0.160 e. The second-order valence-electron chi connectivity index (χ2n) is 14.4. The first-order valence-corrected chi connectivity index (χ1v) is 17.9. The normalized spacial score (nSPS) is 11.4. The van der Waals surface area contributed by atoms with Crippen LogP contribution in [0.1, 0.15) is 26.3 Å². The molecule has 0 saturated heterocycles. The fourth-order valence-electron chi connectivity index (χ4n) is 6.74. The molecule has 7 aromatic carbocycles. The van der Waals surface area contributed by atoms with Gasteiger partial charge in [0.05, 0.1) is 11.4 Å². The molecule has 0 radical (unpaired) electrons. The van der Waals surface area contributed by atoms with E-state index in [2.05, 4.69) is 209 Å². The summed E-state index contributed by atoms with van der Waals surface area (Å²) in [5.41, 5.74) is 15.3. The Morgan fingerprint density at radius 1 is 0.288 bits per heavy atom. The molecule has 2 heteroatoms. The molecule has 1 aromatic heterocycles. The zero-order valence-electron chi connectivity index (χ0n) is 29.8. The third-order valence-electron chi connectivity index (χ3n) is 9.60. The zero-order chi connectivity index (χ0) is 35.5. The Labute approximate surface area is 307 Å². The van der Waals surface area contributed by atoms with E-state index in [9.17, 15) is 0 Å². The van der Waals surface area contributed by atoms with E-state index in [1.165, 1.54) is 5.56 Å². The number of hydrogen-bond donors (Lipinski definition) is 0. The topological polar surface area (TPSA) is 25.8 Å². The minimum atomic E-state index is -0.00208. The summed E-state index contributed by atoms with van der Waals surface area (Å²) in [6.45, 7) is 6.76. The minimum absolute atomic E-state index is 0.00208. The molecule has 0 spiro atoms. The summed E-state index contributed by atoms with van der Waals surface area (Å²) in [5, 5.41) is 0. The second-order valence-corrected chi connectivity index (χ2v) is 14.4. The van der Waals surface area contributed by atoms with Crippen molar-refractivity contribution < 1.29 is 0 Å². The van der Waals surface area contributed by atoms with Crippen LogP contribution >= 0.6 is 0 Å². The first-order chi connectivity index (χ1) is 25.4. The molecule has 0 saturated carbocycles. The van der Waals surface area contributed by atoms with Crippen LogP contribution in [0.3, 0.4) is 0 Å². The molecule has 0 bridgehead atoms. The van der Waals surface area contributed by atoms with E-state index in [4.69, 9.17) is 9.97 Å². The van der Waals surface area contributed by atoms with E-state index >= 15 is 0 Å². The largest absolute Gasteiger partial charge is 0.228 e. The maximum absolute atomic E-state index is 5.40. The summed E-state index contributed by atoms with van der Waals surface area (Å²) in [7, 11) is 0. The predicted octanol–water partition coefficient (Wildman–Crippen LogP) is 13.4. The molecule has 52 heavy (non-hydrogen) atoms. The van der Waals surface area contributed by atoms with Gasteiger partial charge in [0.1, 0.15) is 0 Å². The Morgan fingerprint density at radius 3 is 1.04 bits per heavy atom. The lowest BCUT2D eigenvalue weighted by atomic mass is 9.86. The van der Waals surface area contributed by atoms with Gasteiger partial charge in [-0.15, -0.1) is 0 Å². The fraction of sp³-hybridized carbons (Fsp3) is 0.0800. The molecule has 1 heterocycles. The van der Waals surface area contributed by atoms with Gasteiger partial charge >= 0.3 is 0 Å². The summed E-state index contributed by atoms with van der Waals surface area (Å²) in [6, 6.07) is 66.8. The Morgan fingerprint density at radius 2 is 0.635 bits per heavy atom. The van der Waals surface area contributed by atoms with E-state index in [0.717, 1.165) is 72.6 Å². The first-order valence-electron chi connectivity index (χ1n) is 17.9. The van der Waals surface area contributed by atoms with Gasteiger partial charge in [-0.2, -0.15) is 0 Å². The lowest BCUT2D eigenvalue weighted by Gasteiger charge is -2.20. The molecule has 8 aromatic rings. The summed E-state index contributed by atoms with van der Waals surface area (Å²) in [5.74, 6) is 0.690. The fourth-order valence-corrected chi connectivity index (χ4v) is 6.74. The van der Waals surface area contributed by atoms with Gasteiger partial charge in [0.15, 0.2) is 5.82 Å². The molecule has 8 rings (SSSR count). The average molecular weight is 669 g/mol. The zero-order valence-corrected chi connectivity index (χ0v) is 29.8. The van der Waals surface area contributed by atoms with Crippen molar-refractivity contribution in [2.45, 2.75) is 26.2 Å². The van der Waals surface area contributed by atoms with E-state index < -0.39 is 0 Å². The number of rotatable bonds is 7. The van der Waals surface area contributed by atoms with Crippen LogP contribution in [0.2, 0.25) is 0 Å². The van der Waals surface area contributed by atoms with Crippen molar-refractivity contribution in [3.8, 4) is 78.4 Å². The lowest BCUT2D eigenvalue weighted by molar-refractivity contribution is 0.590. The molecule has 0 unspecified atom stereocenters. The monoisotopic (exact) mass is 668 g/mol. The highest BCUT2D eigenvalue weighted by atomic mass is 14.9.